The van der Waals surface area contributed by atoms with Gasteiger partial charge in [-0.2, -0.15) is 0 Å². The zero-order valence-corrected chi connectivity index (χ0v) is 13.0. The molecule has 0 aliphatic heterocycles. The number of hydrogen-bond donors (Lipinski definition) is 2. The van der Waals surface area contributed by atoms with Crippen LogP contribution in [-0.2, 0) is 16.5 Å². The highest BCUT2D eigenvalue weighted by Gasteiger charge is 2.34. The monoisotopic (exact) mass is 305 g/mol. The minimum absolute atomic E-state index is 0.0594. The molecule has 1 rings (SSSR count). The molecule has 0 spiro atoms. The molecule has 1 unspecified atom stereocenters. The third-order valence-electron chi connectivity index (χ3n) is 3.03. The number of halogens is 2. The molecule has 0 aliphatic rings. The average molecular weight is 305 g/mol. The fourth-order valence-corrected chi connectivity index (χ4v) is 2.68. The van der Waals surface area contributed by atoms with E-state index in [-0.39, 0.29) is 18.6 Å². The van der Waals surface area contributed by atoms with Crippen molar-refractivity contribution in [3.8, 4) is 0 Å². The molecule has 0 radical (unpaired) electrons. The largest absolute Gasteiger partial charge is 0.396 e. The highest BCUT2D eigenvalue weighted by Crippen LogP contribution is 2.29. The van der Waals surface area contributed by atoms with Gasteiger partial charge in [0.1, 0.15) is 0 Å². The molecule has 0 bridgehead atoms. The first-order valence-corrected chi connectivity index (χ1v) is 7.52. The summed E-state index contributed by atoms with van der Waals surface area (Å²) in [6.07, 6.45) is 0.120. The standard InChI is InChI=1S/C14H21F2NO2S/c1-13(2,3)20(19)17-14(4,8-9-18)10-6-5-7-11(15)12(10)16/h5-7,17-18H,8-9H2,1-4H3/t14-,20?/m0/s1. The molecular formula is C14H21F2NO2S. The summed E-state index contributed by atoms with van der Waals surface area (Å²) in [4.78, 5) is 0. The Balaban J connectivity index is 3.21. The van der Waals surface area contributed by atoms with Gasteiger partial charge in [-0.25, -0.2) is 17.7 Å². The number of aliphatic hydroxyl groups is 1. The van der Waals surface area contributed by atoms with Crippen LogP contribution in [0.25, 0.3) is 0 Å². The first-order valence-electron chi connectivity index (χ1n) is 6.37. The molecule has 6 heteroatoms. The topological polar surface area (TPSA) is 49.3 Å². The number of rotatable bonds is 5. The second-order valence-electron chi connectivity index (χ2n) is 5.89. The van der Waals surface area contributed by atoms with Gasteiger partial charge < -0.3 is 5.11 Å². The summed E-state index contributed by atoms with van der Waals surface area (Å²) in [5, 5.41) is 9.18. The van der Waals surface area contributed by atoms with Gasteiger partial charge in [0, 0.05) is 12.2 Å². The molecule has 1 aromatic carbocycles. The van der Waals surface area contributed by atoms with Gasteiger partial charge in [-0.1, -0.05) is 12.1 Å². The van der Waals surface area contributed by atoms with Gasteiger partial charge in [0.05, 0.1) is 21.3 Å². The highest BCUT2D eigenvalue weighted by atomic mass is 32.2. The van der Waals surface area contributed by atoms with Crippen LogP contribution in [0.1, 0.15) is 39.7 Å². The summed E-state index contributed by atoms with van der Waals surface area (Å²) in [7, 11) is -1.47. The van der Waals surface area contributed by atoms with Gasteiger partial charge in [-0.05, 0) is 40.2 Å². The third kappa shape index (κ3) is 3.84. The van der Waals surface area contributed by atoms with Crippen LogP contribution in [0, 0.1) is 11.6 Å². The second kappa shape index (κ2) is 6.28. The van der Waals surface area contributed by atoms with Crippen molar-refractivity contribution in [3.63, 3.8) is 0 Å². The van der Waals surface area contributed by atoms with E-state index in [0.717, 1.165) is 6.07 Å². The summed E-state index contributed by atoms with van der Waals surface area (Å²) in [6.45, 7) is 6.69. The van der Waals surface area contributed by atoms with E-state index in [0.29, 0.717) is 0 Å². The van der Waals surface area contributed by atoms with Crippen molar-refractivity contribution in [2.24, 2.45) is 0 Å². The quantitative estimate of drug-likeness (QED) is 0.878. The van der Waals surface area contributed by atoms with Crippen LogP contribution in [0.15, 0.2) is 18.2 Å². The minimum Gasteiger partial charge on any atom is -0.396 e. The minimum atomic E-state index is -1.47. The van der Waals surface area contributed by atoms with Crippen molar-refractivity contribution < 1.29 is 18.1 Å². The van der Waals surface area contributed by atoms with Crippen molar-refractivity contribution in [2.45, 2.75) is 44.4 Å². The summed E-state index contributed by atoms with van der Waals surface area (Å²) < 4.78 is 41.8. The van der Waals surface area contributed by atoms with Gasteiger partial charge >= 0.3 is 0 Å². The van der Waals surface area contributed by atoms with E-state index in [1.807, 2.05) is 0 Å². The third-order valence-corrected chi connectivity index (χ3v) is 4.78. The van der Waals surface area contributed by atoms with Crippen LogP contribution < -0.4 is 4.72 Å². The number of nitrogens with one attached hydrogen (secondary N) is 1. The maximum absolute atomic E-state index is 14.0. The second-order valence-corrected chi connectivity index (χ2v) is 7.86. The lowest BCUT2D eigenvalue weighted by Crippen LogP contribution is -2.47. The molecule has 1 aromatic rings. The average Bonchev–Trinajstić information content (AvgIpc) is 2.31. The maximum atomic E-state index is 14.0. The van der Waals surface area contributed by atoms with Gasteiger partial charge in [0.2, 0.25) is 0 Å². The zero-order chi connectivity index (χ0) is 15.6. The fourth-order valence-electron chi connectivity index (χ4n) is 1.75. The molecule has 0 amide bonds. The molecule has 0 saturated heterocycles. The molecule has 0 saturated carbocycles. The summed E-state index contributed by atoms with van der Waals surface area (Å²) in [5.74, 6) is -1.95. The van der Waals surface area contributed by atoms with Crippen molar-refractivity contribution in [1.82, 2.24) is 4.72 Å². The Kier molecular flexibility index (Phi) is 5.40. The van der Waals surface area contributed by atoms with Gasteiger partial charge in [0.25, 0.3) is 0 Å². The first kappa shape index (κ1) is 17.2. The highest BCUT2D eigenvalue weighted by molar-refractivity contribution is 7.84. The first-order chi connectivity index (χ1) is 9.12. The molecule has 0 fully saturated rings. The number of aliphatic hydroxyl groups excluding tert-OH is 1. The molecule has 0 aromatic heterocycles. The van der Waals surface area contributed by atoms with E-state index in [9.17, 15) is 18.1 Å². The van der Waals surface area contributed by atoms with Gasteiger partial charge in [-0.3, -0.25) is 0 Å². The van der Waals surface area contributed by atoms with Crippen LogP contribution in [0.4, 0.5) is 8.78 Å². The van der Waals surface area contributed by atoms with Crippen LogP contribution in [-0.4, -0.2) is 20.7 Å². The predicted molar refractivity (Wildman–Crippen MR) is 76.4 cm³/mol. The predicted octanol–water partition coefficient (Wildman–Crippen LogP) is 2.61. The van der Waals surface area contributed by atoms with Crippen LogP contribution in [0.2, 0.25) is 0 Å². The SMILES string of the molecule is CC(C)(C)S(=O)N[C@@](C)(CCO)c1cccc(F)c1F. The van der Waals surface area contributed by atoms with E-state index in [1.54, 1.807) is 27.7 Å². The maximum Gasteiger partial charge on any atom is 0.163 e. The Hall–Kier alpha value is -0.850. The Morgan fingerprint density at radius 3 is 2.35 bits per heavy atom. The van der Waals surface area contributed by atoms with Crippen molar-refractivity contribution in [3.05, 3.63) is 35.4 Å². The lowest BCUT2D eigenvalue weighted by molar-refractivity contribution is 0.234. The molecular weight excluding hydrogens is 284 g/mol. The summed E-state index contributed by atoms with van der Waals surface area (Å²) >= 11 is 0. The summed E-state index contributed by atoms with van der Waals surface area (Å²) in [6, 6.07) is 3.85. The van der Waals surface area contributed by atoms with Crippen molar-refractivity contribution in [1.29, 1.82) is 0 Å². The molecule has 0 heterocycles. The smallest absolute Gasteiger partial charge is 0.163 e. The van der Waals surface area contributed by atoms with E-state index in [2.05, 4.69) is 4.72 Å². The Morgan fingerprint density at radius 2 is 1.85 bits per heavy atom. The van der Waals surface area contributed by atoms with Gasteiger partial charge in [0.15, 0.2) is 11.6 Å². The Labute approximate surface area is 121 Å². The molecule has 0 aliphatic carbocycles. The van der Waals surface area contributed by atoms with E-state index < -0.39 is 32.9 Å². The number of benzene rings is 1. The molecule has 114 valence electrons. The summed E-state index contributed by atoms with van der Waals surface area (Å²) in [5.41, 5.74) is -1.05. The number of hydrogen-bond acceptors (Lipinski definition) is 2. The fraction of sp³-hybridized carbons (Fsp3) is 0.571. The van der Waals surface area contributed by atoms with Crippen molar-refractivity contribution >= 4 is 11.0 Å². The normalized spacial score (nSPS) is 16.8. The van der Waals surface area contributed by atoms with Crippen LogP contribution >= 0.6 is 0 Å². The molecule has 2 atom stereocenters. The molecule has 2 N–H and O–H groups in total. The Bertz CT molecular complexity index is 502. The molecule has 3 nitrogen and oxygen atoms in total. The lowest BCUT2D eigenvalue weighted by Gasteiger charge is -2.33. The van der Waals surface area contributed by atoms with Crippen LogP contribution in [0.3, 0.4) is 0 Å². The zero-order valence-electron chi connectivity index (χ0n) is 12.2. The van der Waals surface area contributed by atoms with Crippen molar-refractivity contribution in [2.75, 3.05) is 6.61 Å². The van der Waals surface area contributed by atoms with Crippen LogP contribution in [0.5, 0.6) is 0 Å². The molecule has 20 heavy (non-hydrogen) atoms. The van der Waals surface area contributed by atoms with Gasteiger partial charge in [-0.15, -0.1) is 0 Å². The Morgan fingerprint density at radius 1 is 1.25 bits per heavy atom. The van der Waals surface area contributed by atoms with E-state index in [1.165, 1.54) is 12.1 Å². The van der Waals surface area contributed by atoms with E-state index in [4.69, 9.17) is 0 Å². The van der Waals surface area contributed by atoms with E-state index >= 15 is 0 Å². The lowest BCUT2D eigenvalue weighted by atomic mass is 9.89.